The lowest BCUT2D eigenvalue weighted by Crippen LogP contribution is -2.26. The highest BCUT2D eigenvalue weighted by molar-refractivity contribution is 5.94. The molecule has 0 aliphatic carbocycles. The summed E-state index contributed by atoms with van der Waals surface area (Å²) in [4.78, 5) is 11.9. The first-order valence-corrected chi connectivity index (χ1v) is 11.4. The molecule has 0 fully saturated rings. The van der Waals surface area contributed by atoms with Crippen molar-refractivity contribution >= 4 is 12.0 Å². The first kappa shape index (κ1) is 26.6. The molecule has 1 amide bonds. The van der Waals surface area contributed by atoms with Crippen molar-refractivity contribution in [2.45, 2.75) is 73.1 Å². The van der Waals surface area contributed by atoms with Gasteiger partial charge in [-0.2, -0.15) is 0 Å². The molecule has 0 saturated heterocycles. The van der Waals surface area contributed by atoms with E-state index in [0.29, 0.717) is 5.56 Å². The fraction of sp³-hybridized carbons (Fsp3) is 0.464. The van der Waals surface area contributed by atoms with E-state index in [2.05, 4.69) is 64.2 Å². The number of aliphatic hydroxyl groups excluding tert-OH is 1. The van der Waals surface area contributed by atoms with Crippen LogP contribution in [0.15, 0.2) is 64.8 Å². The van der Waals surface area contributed by atoms with Gasteiger partial charge in [-0.25, -0.2) is 0 Å². The zero-order valence-electron chi connectivity index (χ0n) is 20.1. The molecule has 2 N–H and O–H groups in total. The molecule has 3 nitrogen and oxygen atoms in total. The van der Waals surface area contributed by atoms with Crippen LogP contribution in [0, 0.1) is 0 Å². The number of carbonyl (C=O) groups is 1. The Labute approximate surface area is 189 Å². The molecule has 1 aromatic rings. The second-order valence-electron chi connectivity index (χ2n) is 8.59. The van der Waals surface area contributed by atoms with Gasteiger partial charge in [0, 0.05) is 12.1 Å². The molecule has 1 rings (SSSR count). The van der Waals surface area contributed by atoms with E-state index in [1.54, 1.807) is 0 Å². The van der Waals surface area contributed by atoms with Gasteiger partial charge in [0.1, 0.15) is 0 Å². The summed E-state index contributed by atoms with van der Waals surface area (Å²) < 4.78 is 0. The first-order chi connectivity index (χ1) is 14.8. The quantitative estimate of drug-likeness (QED) is 0.335. The summed E-state index contributed by atoms with van der Waals surface area (Å²) in [5.41, 5.74) is 7.39. The second kappa shape index (κ2) is 15.4. The van der Waals surface area contributed by atoms with Crippen LogP contribution in [0.5, 0.6) is 0 Å². The smallest absolute Gasteiger partial charge is 0.251 e. The Morgan fingerprint density at radius 2 is 1.32 bits per heavy atom. The number of hydrogen-bond acceptors (Lipinski definition) is 2. The second-order valence-corrected chi connectivity index (χ2v) is 8.59. The van der Waals surface area contributed by atoms with E-state index in [1.165, 1.54) is 22.3 Å². The summed E-state index contributed by atoms with van der Waals surface area (Å²) in [6.45, 7) is 11.2. The van der Waals surface area contributed by atoms with E-state index in [-0.39, 0.29) is 19.1 Å². The van der Waals surface area contributed by atoms with Crippen LogP contribution in [0.25, 0.3) is 6.08 Å². The van der Waals surface area contributed by atoms with E-state index in [4.69, 9.17) is 5.11 Å². The van der Waals surface area contributed by atoms with Gasteiger partial charge < -0.3 is 10.4 Å². The predicted molar refractivity (Wildman–Crippen MR) is 134 cm³/mol. The summed E-state index contributed by atoms with van der Waals surface area (Å²) in [5.74, 6) is -0.153. The zero-order valence-corrected chi connectivity index (χ0v) is 20.1. The minimum Gasteiger partial charge on any atom is -0.395 e. The average molecular weight is 424 g/mol. The van der Waals surface area contributed by atoms with Crippen molar-refractivity contribution < 1.29 is 9.90 Å². The summed E-state index contributed by atoms with van der Waals surface area (Å²) in [6, 6.07) is 7.58. The lowest BCUT2D eigenvalue weighted by Gasteiger charge is -2.05. The molecule has 31 heavy (non-hydrogen) atoms. The molecule has 0 saturated carbocycles. The molecule has 0 atom stereocenters. The summed E-state index contributed by atoms with van der Waals surface area (Å²) >= 11 is 0. The molecular formula is C28H41NO2. The number of amides is 1. The van der Waals surface area contributed by atoms with Crippen LogP contribution in [0.4, 0.5) is 0 Å². The molecule has 0 aliphatic heterocycles. The van der Waals surface area contributed by atoms with Gasteiger partial charge in [-0.15, -0.1) is 0 Å². The first-order valence-electron chi connectivity index (χ1n) is 11.4. The van der Waals surface area contributed by atoms with Gasteiger partial charge in [-0.1, -0.05) is 58.7 Å². The van der Waals surface area contributed by atoms with Gasteiger partial charge in [-0.3, -0.25) is 4.79 Å². The predicted octanol–water partition coefficient (Wildman–Crippen LogP) is 7.01. The monoisotopic (exact) mass is 423 g/mol. The highest BCUT2D eigenvalue weighted by Crippen LogP contribution is 2.16. The summed E-state index contributed by atoms with van der Waals surface area (Å²) in [5, 5.41) is 11.5. The molecule has 0 bridgehead atoms. The Balaban J connectivity index is 2.41. The molecule has 3 heteroatoms. The standard InChI is InChI=1S/C28H41NO2/c1-22(2)9-6-10-23(3)11-7-12-24(4)13-8-14-25(5)21-26-15-17-27(18-16-26)28(31)29-19-20-30/h9,11,13,15-18,21,30H,6-8,10,12,14,19-20H2,1-5H3,(H,29,31). The van der Waals surface area contributed by atoms with Crippen molar-refractivity contribution in [3.8, 4) is 0 Å². The molecular weight excluding hydrogens is 382 g/mol. The topological polar surface area (TPSA) is 49.3 Å². The van der Waals surface area contributed by atoms with Gasteiger partial charge >= 0.3 is 0 Å². The Hall–Kier alpha value is -2.39. The van der Waals surface area contributed by atoms with Crippen LogP contribution < -0.4 is 5.32 Å². The van der Waals surface area contributed by atoms with Crippen LogP contribution >= 0.6 is 0 Å². The van der Waals surface area contributed by atoms with Crippen LogP contribution in [0.1, 0.15) is 89.1 Å². The molecule has 0 radical (unpaired) electrons. The van der Waals surface area contributed by atoms with E-state index >= 15 is 0 Å². The van der Waals surface area contributed by atoms with E-state index in [1.807, 2.05) is 24.3 Å². The maximum atomic E-state index is 11.9. The lowest BCUT2D eigenvalue weighted by molar-refractivity contribution is 0.0945. The normalized spacial score (nSPS) is 12.6. The maximum absolute atomic E-state index is 11.9. The van der Waals surface area contributed by atoms with Crippen LogP contribution in [0.3, 0.4) is 0 Å². The fourth-order valence-corrected chi connectivity index (χ4v) is 3.24. The van der Waals surface area contributed by atoms with Gasteiger partial charge in [0.2, 0.25) is 0 Å². The largest absolute Gasteiger partial charge is 0.395 e. The number of benzene rings is 1. The van der Waals surface area contributed by atoms with Crippen molar-refractivity contribution in [2.24, 2.45) is 0 Å². The zero-order chi connectivity index (χ0) is 23.1. The summed E-state index contributed by atoms with van der Waals surface area (Å²) in [7, 11) is 0. The fourth-order valence-electron chi connectivity index (χ4n) is 3.24. The molecule has 0 unspecified atom stereocenters. The van der Waals surface area contributed by atoms with E-state index in [0.717, 1.165) is 44.1 Å². The Bertz CT molecular complexity index is 791. The number of aliphatic hydroxyl groups is 1. The minimum atomic E-state index is -0.153. The van der Waals surface area contributed by atoms with E-state index < -0.39 is 0 Å². The molecule has 170 valence electrons. The van der Waals surface area contributed by atoms with Crippen LogP contribution in [-0.4, -0.2) is 24.2 Å². The number of nitrogens with one attached hydrogen (secondary N) is 1. The van der Waals surface area contributed by atoms with Crippen molar-refractivity contribution in [3.63, 3.8) is 0 Å². The maximum Gasteiger partial charge on any atom is 0.251 e. The third-order valence-electron chi connectivity index (χ3n) is 5.14. The van der Waals surface area contributed by atoms with Crippen LogP contribution in [0.2, 0.25) is 0 Å². The van der Waals surface area contributed by atoms with Crippen molar-refractivity contribution in [3.05, 3.63) is 75.9 Å². The molecule has 0 spiro atoms. The number of carbonyl (C=O) groups excluding carboxylic acids is 1. The highest BCUT2D eigenvalue weighted by Gasteiger charge is 2.03. The molecule has 1 aromatic carbocycles. The Kier molecular flexibility index (Phi) is 13.3. The molecule has 0 aromatic heterocycles. The minimum absolute atomic E-state index is 0.0490. The van der Waals surface area contributed by atoms with Gasteiger partial charge in [0.25, 0.3) is 5.91 Å². The number of allylic oxidation sites excluding steroid dienone is 7. The Morgan fingerprint density at radius 1 is 0.806 bits per heavy atom. The SMILES string of the molecule is CC(C)=CCCC(C)=CCCC(C)=CCCC(C)=Cc1ccc(C(=O)NCCO)cc1. The third-order valence-corrected chi connectivity index (χ3v) is 5.14. The van der Waals surface area contributed by atoms with Crippen LogP contribution in [-0.2, 0) is 0 Å². The highest BCUT2D eigenvalue weighted by atomic mass is 16.3. The van der Waals surface area contributed by atoms with Gasteiger partial charge in [-0.05, 0) is 90.8 Å². The lowest BCUT2D eigenvalue weighted by atomic mass is 10.0. The van der Waals surface area contributed by atoms with Crippen molar-refractivity contribution in [1.82, 2.24) is 5.32 Å². The number of hydrogen-bond donors (Lipinski definition) is 2. The van der Waals surface area contributed by atoms with Crippen molar-refractivity contribution in [2.75, 3.05) is 13.2 Å². The average Bonchev–Trinajstić information content (AvgIpc) is 2.72. The third kappa shape index (κ3) is 12.8. The number of rotatable bonds is 13. The van der Waals surface area contributed by atoms with Gasteiger partial charge in [0.05, 0.1) is 6.61 Å². The van der Waals surface area contributed by atoms with Gasteiger partial charge in [0.15, 0.2) is 0 Å². The summed E-state index contributed by atoms with van der Waals surface area (Å²) in [6.07, 6.45) is 15.9. The molecule has 0 aliphatic rings. The Morgan fingerprint density at radius 3 is 1.84 bits per heavy atom. The van der Waals surface area contributed by atoms with Crippen molar-refractivity contribution in [1.29, 1.82) is 0 Å². The molecule has 0 heterocycles. The van der Waals surface area contributed by atoms with E-state index in [9.17, 15) is 4.79 Å².